The van der Waals surface area contributed by atoms with Gasteiger partial charge in [0, 0.05) is 28.4 Å². The van der Waals surface area contributed by atoms with Crippen LogP contribution >= 0.6 is 0 Å². The zero-order chi connectivity index (χ0) is 23.7. The van der Waals surface area contributed by atoms with E-state index in [0.29, 0.717) is 11.3 Å². The van der Waals surface area contributed by atoms with E-state index >= 15 is 0 Å². The Morgan fingerprint density at radius 1 is 0.848 bits per heavy atom. The molecular weight excluding hydrogens is 420 g/mol. The number of amides is 1. The Kier molecular flexibility index (Phi) is 5.79. The number of ether oxygens (including phenoxy) is 1. The van der Waals surface area contributed by atoms with Crippen LogP contribution in [0, 0.1) is 0 Å². The second kappa shape index (κ2) is 8.70. The first kappa shape index (κ1) is 22.0. The summed E-state index contributed by atoms with van der Waals surface area (Å²) in [6, 6.07) is 18.1. The molecule has 0 aromatic heterocycles. The summed E-state index contributed by atoms with van der Waals surface area (Å²) in [5.74, 6) is -2.02. The number of carbonyl (C=O) groups is 4. The third-order valence-corrected chi connectivity index (χ3v) is 5.50. The predicted octanol–water partition coefficient (Wildman–Crippen LogP) is 3.64. The van der Waals surface area contributed by atoms with Gasteiger partial charge in [-0.25, -0.2) is 4.79 Å². The first-order chi connectivity index (χ1) is 15.8. The molecule has 7 heteroatoms. The highest BCUT2D eigenvalue weighted by atomic mass is 16.5. The van der Waals surface area contributed by atoms with Crippen LogP contribution in [0.2, 0.25) is 0 Å². The molecule has 0 unspecified atom stereocenters. The van der Waals surface area contributed by atoms with Gasteiger partial charge in [0.1, 0.15) is 0 Å². The minimum absolute atomic E-state index is 0.0208. The summed E-state index contributed by atoms with van der Waals surface area (Å²) < 4.78 is 5.24. The van der Waals surface area contributed by atoms with E-state index in [1.807, 2.05) is 32.0 Å². The lowest BCUT2D eigenvalue weighted by Gasteiger charge is -2.26. The summed E-state index contributed by atoms with van der Waals surface area (Å²) in [6.45, 7) is 3.21. The van der Waals surface area contributed by atoms with Gasteiger partial charge in [-0.1, -0.05) is 42.5 Å². The van der Waals surface area contributed by atoms with Crippen molar-refractivity contribution in [3.63, 3.8) is 0 Å². The number of nitrogens with two attached hydrogens (primary N) is 1. The van der Waals surface area contributed by atoms with Crippen LogP contribution in [0.1, 0.15) is 56.0 Å². The van der Waals surface area contributed by atoms with Gasteiger partial charge in [-0.05, 0) is 38.1 Å². The van der Waals surface area contributed by atoms with E-state index in [9.17, 15) is 19.2 Å². The number of nitrogens with zero attached hydrogens (tertiary/aromatic N) is 1. The molecule has 0 bridgehead atoms. The van der Waals surface area contributed by atoms with Crippen LogP contribution in [0.25, 0.3) is 0 Å². The monoisotopic (exact) mass is 442 g/mol. The number of rotatable bonds is 5. The van der Waals surface area contributed by atoms with E-state index in [0.717, 1.165) is 0 Å². The maximum Gasteiger partial charge on any atom is 0.340 e. The summed E-state index contributed by atoms with van der Waals surface area (Å²) in [5, 5.41) is 0. The van der Waals surface area contributed by atoms with E-state index < -0.39 is 24.3 Å². The van der Waals surface area contributed by atoms with E-state index in [2.05, 4.69) is 0 Å². The van der Waals surface area contributed by atoms with Crippen molar-refractivity contribution in [3.8, 4) is 0 Å². The zero-order valence-electron chi connectivity index (χ0n) is 18.2. The Labute approximate surface area is 190 Å². The first-order valence-electron chi connectivity index (χ1n) is 10.5. The van der Waals surface area contributed by atoms with Gasteiger partial charge in [-0.2, -0.15) is 0 Å². The quantitative estimate of drug-likeness (QED) is 0.374. The summed E-state index contributed by atoms with van der Waals surface area (Å²) >= 11 is 0. The van der Waals surface area contributed by atoms with Crippen molar-refractivity contribution < 1.29 is 23.9 Å². The third kappa shape index (κ3) is 3.89. The molecule has 0 heterocycles. The van der Waals surface area contributed by atoms with Crippen molar-refractivity contribution in [1.82, 2.24) is 0 Å². The molecule has 0 spiro atoms. The highest BCUT2D eigenvalue weighted by Crippen LogP contribution is 2.33. The van der Waals surface area contributed by atoms with Crippen LogP contribution in [0.15, 0.2) is 66.7 Å². The fourth-order valence-corrected chi connectivity index (χ4v) is 3.98. The van der Waals surface area contributed by atoms with Gasteiger partial charge in [0.2, 0.25) is 0 Å². The topological polar surface area (TPSA) is 107 Å². The summed E-state index contributed by atoms with van der Waals surface area (Å²) in [7, 11) is 0. The second-order valence-corrected chi connectivity index (χ2v) is 7.92. The van der Waals surface area contributed by atoms with Crippen molar-refractivity contribution in [3.05, 3.63) is 94.5 Å². The number of esters is 1. The lowest BCUT2D eigenvalue weighted by molar-refractivity contribution is -0.122. The molecule has 0 radical (unpaired) electrons. The molecule has 4 rings (SSSR count). The average Bonchev–Trinajstić information content (AvgIpc) is 2.81. The highest BCUT2D eigenvalue weighted by molar-refractivity contribution is 6.30. The molecule has 0 atom stereocenters. The molecular formula is C26H22N2O5. The standard InChI is InChI=1S/C26H22N2O5/c1-15(2)28(16-8-4-3-5-9-16)21(29)14-33-26(32)20-13-12-19-22(23(20)27)25(31)18-11-7-6-10-17(18)24(19)30/h3-13,15H,14,27H2,1-2H3. The first-order valence-corrected chi connectivity index (χ1v) is 10.5. The van der Waals surface area contributed by atoms with Crippen molar-refractivity contribution in [1.29, 1.82) is 0 Å². The van der Waals surface area contributed by atoms with Crippen LogP contribution in [0.3, 0.4) is 0 Å². The number of nitrogen functional groups attached to an aromatic ring is 1. The van der Waals surface area contributed by atoms with Gasteiger partial charge in [0.15, 0.2) is 18.2 Å². The Morgan fingerprint density at radius 2 is 1.45 bits per heavy atom. The maximum atomic E-state index is 13.0. The number of ketones is 2. The Morgan fingerprint density at radius 3 is 2.09 bits per heavy atom. The third-order valence-electron chi connectivity index (χ3n) is 5.50. The number of hydrogen-bond donors (Lipinski definition) is 1. The van der Waals surface area contributed by atoms with Crippen LogP contribution in [0.4, 0.5) is 11.4 Å². The Hall–Kier alpha value is -4.26. The summed E-state index contributed by atoms with van der Waals surface area (Å²) in [6.07, 6.45) is 0. The summed E-state index contributed by atoms with van der Waals surface area (Å²) in [4.78, 5) is 52.9. The van der Waals surface area contributed by atoms with Gasteiger partial charge in [-0.15, -0.1) is 0 Å². The van der Waals surface area contributed by atoms with Gasteiger partial charge < -0.3 is 15.4 Å². The number of fused-ring (bicyclic) bond motifs is 2. The van der Waals surface area contributed by atoms with Gasteiger partial charge in [0.05, 0.1) is 16.8 Å². The molecule has 3 aromatic rings. The van der Waals surface area contributed by atoms with E-state index in [1.165, 1.54) is 17.0 Å². The molecule has 1 amide bonds. The minimum Gasteiger partial charge on any atom is -0.452 e. The van der Waals surface area contributed by atoms with Crippen molar-refractivity contribution in [2.45, 2.75) is 19.9 Å². The average molecular weight is 442 g/mol. The Balaban J connectivity index is 1.57. The molecule has 0 saturated carbocycles. The van der Waals surface area contributed by atoms with Gasteiger partial charge in [0.25, 0.3) is 5.91 Å². The lowest BCUT2D eigenvalue weighted by Crippen LogP contribution is -2.40. The normalized spacial score (nSPS) is 12.2. The zero-order valence-corrected chi connectivity index (χ0v) is 18.2. The lowest BCUT2D eigenvalue weighted by atomic mass is 9.82. The largest absolute Gasteiger partial charge is 0.452 e. The van der Waals surface area contributed by atoms with Crippen molar-refractivity contribution in [2.24, 2.45) is 0 Å². The smallest absolute Gasteiger partial charge is 0.340 e. The van der Waals surface area contributed by atoms with Crippen LogP contribution in [0.5, 0.6) is 0 Å². The van der Waals surface area contributed by atoms with Gasteiger partial charge in [-0.3, -0.25) is 14.4 Å². The fourth-order valence-electron chi connectivity index (χ4n) is 3.98. The minimum atomic E-state index is -0.848. The molecule has 0 fully saturated rings. The van der Waals surface area contributed by atoms with E-state index in [4.69, 9.17) is 10.5 Å². The number of para-hydroxylation sites is 1. The molecule has 1 aliphatic carbocycles. The molecule has 0 aliphatic heterocycles. The van der Waals surface area contributed by atoms with Crippen LogP contribution in [-0.4, -0.2) is 36.1 Å². The molecule has 7 nitrogen and oxygen atoms in total. The number of hydrogen-bond acceptors (Lipinski definition) is 6. The Bertz CT molecular complexity index is 1280. The SMILES string of the molecule is CC(C)N(C(=O)COC(=O)c1ccc2c(c1N)C(=O)c1ccccc1C2=O)c1ccccc1. The predicted molar refractivity (Wildman–Crippen MR) is 124 cm³/mol. The van der Waals surface area contributed by atoms with E-state index in [1.54, 1.807) is 36.4 Å². The molecule has 33 heavy (non-hydrogen) atoms. The highest BCUT2D eigenvalue weighted by Gasteiger charge is 2.33. The number of anilines is 2. The number of carbonyl (C=O) groups excluding carboxylic acids is 4. The fraction of sp³-hybridized carbons (Fsp3) is 0.154. The van der Waals surface area contributed by atoms with Gasteiger partial charge >= 0.3 is 5.97 Å². The number of benzene rings is 3. The van der Waals surface area contributed by atoms with Crippen molar-refractivity contribution >= 4 is 34.8 Å². The summed E-state index contributed by atoms with van der Waals surface area (Å²) in [5.41, 5.74) is 7.27. The maximum absolute atomic E-state index is 13.0. The molecule has 1 aliphatic rings. The van der Waals surface area contributed by atoms with E-state index in [-0.39, 0.29) is 39.8 Å². The second-order valence-electron chi connectivity index (χ2n) is 7.92. The molecule has 0 saturated heterocycles. The molecule has 2 N–H and O–H groups in total. The van der Waals surface area contributed by atoms with Crippen LogP contribution in [-0.2, 0) is 9.53 Å². The van der Waals surface area contributed by atoms with Crippen molar-refractivity contribution in [2.75, 3.05) is 17.2 Å². The molecule has 166 valence electrons. The van der Waals surface area contributed by atoms with Crippen LogP contribution < -0.4 is 10.6 Å². The molecule has 3 aromatic carbocycles.